The molecule has 2 heteroatoms. The third-order valence-electron chi connectivity index (χ3n) is 5.81. The predicted octanol–water partition coefficient (Wildman–Crippen LogP) is 4.36. The number of hydrogen-bond donors (Lipinski definition) is 0. The minimum atomic E-state index is 0.806. The second kappa shape index (κ2) is 7.71. The molecular formula is C27H29N2+. The number of anilines is 1. The van der Waals surface area contributed by atoms with E-state index in [1.165, 1.54) is 44.1 Å². The van der Waals surface area contributed by atoms with Crippen LogP contribution in [0, 0.1) is 38.1 Å². The number of allylic oxidation sites excluding steroid dienone is 2. The molecule has 4 rings (SSSR count). The Bertz CT molecular complexity index is 1290. The van der Waals surface area contributed by atoms with Crippen LogP contribution in [0.1, 0.15) is 27.9 Å². The van der Waals surface area contributed by atoms with Gasteiger partial charge in [-0.1, -0.05) is 48.1 Å². The van der Waals surface area contributed by atoms with E-state index in [1.807, 2.05) is 0 Å². The molecule has 0 atom stereocenters. The van der Waals surface area contributed by atoms with E-state index in [4.69, 9.17) is 0 Å². The second-order valence-electron chi connectivity index (χ2n) is 8.11. The maximum atomic E-state index is 4.41. The molecule has 0 N–H and O–H groups in total. The highest BCUT2D eigenvalue weighted by molar-refractivity contribution is 5.59. The highest BCUT2D eigenvalue weighted by Gasteiger charge is 2.14. The van der Waals surface area contributed by atoms with Crippen LogP contribution in [0.3, 0.4) is 0 Å². The second-order valence-corrected chi connectivity index (χ2v) is 8.11. The smallest absolute Gasteiger partial charge is 0.218 e. The number of nitrogens with zero attached hydrogens (tertiary/aromatic N) is 2. The van der Waals surface area contributed by atoms with Gasteiger partial charge in [-0.2, -0.15) is 4.24 Å². The molecule has 0 fully saturated rings. The van der Waals surface area contributed by atoms with Gasteiger partial charge in [0, 0.05) is 24.9 Å². The molecule has 1 heterocycles. The molecule has 0 saturated carbocycles. The predicted molar refractivity (Wildman–Crippen MR) is 121 cm³/mol. The van der Waals surface area contributed by atoms with Gasteiger partial charge in [-0.3, -0.25) is 0 Å². The number of benzene rings is 2. The van der Waals surface area contributed by atoms with Crippen LogP contribution in [-0.4, -0.2) is 7.05 Å². The standard InChI is InChI=1S/C27H29N2/c1-19-16-20(2)27(21(3)17-19)28(4)18-23-12-9-15-26(29(23)5)25-14-8-11-22-10-6-7-13-24(22)25/h6-9,11-17H,5,10,18H2,1-4H3/q+1/b26-25+. The topological polar surface area (TPSA) is 9.14 Å². The van der Waals surface area contributed by atoms with E-state index in [-0.39, 0.29) is 0 Å². The van der Waals surface area contributed by atoms with E-state index in [0.29, 0.717) is 0 Å². The summed E-state index contributed by atoms with van der Waals surface area (Å²) in [5.41, 5.74) is 7.81. The molecule has 2 aromatic carbocycles. The first-order chi connectivity index (χ1) is 14.0. The van der Waals surface area contributed by atoms with E-state index in [1.54, 1.807) is 0 Å². The first kappa shape index (κ1) is 19.2. The Kier molecular flexibility index (Phi) is 5.10. The van der Waals surface area contributed by atoms with Crippen LogP contribution in [0.5, 0.6) is 0 Å². The summed E-state index contributed by atoms with van der Waals surface area (Å²) in [4.78, 5) is 2.33. The van der Waals surface area contributed by atoms with Crippen molar-refractivity contribution in [3.63, 3.8) is 0 Å². The molecule has 0 unspecified atom stereocenters. The summed E-state index contributed by atoms with van der Waals surface area (Å²) in [6.07, 6.45) is 7.57. The number of aryl methyl sites for hydroxylation is 3. The molecule has 0 bridgehead atoms. The Labute approximate surface area is 173 Å². The van der Waals surface area contributed by atoms with E-state index in [0.717, 1.165) is 18.3 Å². The summed E-state index contributed by atoms with van der Waals surface area (Å²) >= 11 is 0. The number of rotatable bonds is 3. The molecule has 3 aromatic rings. The van der Waals surface area contributed by atoms with Crippen LogP contribution in [0.2, 0.25) is 0 Å². The SMILES string of the molecule is C=[n+]1c(CN(C)c2c(C)cc(C)cc2C)ccc/c1=c1/cccc2c1=CC=CC2. The van der Waals surface area contributed by atoms with Gasteiger partial charge >= 0.3 is 0 Å². The van der Waals surface area contributed by atoms with Crippen molar-refractivity contribution in [2.75, 3.05) is 11.9 Å². The van der Waals surface area contributed by atoms with E-state index < -0.39 is 0 Å². The van der Waals surface area contributed by atoms with Crippen molar-refractivity contribution in [1.82, 2.24) is 0 Å². The highest BCUT2D eigenvalue weighted by atomic mass is 15.1. The highest BCUT2D eigenvalue weighted by Crippen LogP contribution is 2.26. The van der Waals surface area contributed by atoms with Crippen molar-refractivity contribution in [3.8, 4) is 0 Å². The van der Waals surface area contributed by atoms with Gasteiger partial charge in [0.1, 0.15) is 13.3 Å². The lowest BCUT2D eigenvalue weighted by Crippen LogP contribution is -2.30. The minimum absolute atomic E-state index is 0.806. The van der Waals surface area contributed by atoms with Gasteiger partial charge in [0.2, 0.25) is 11.0 Å². The lowest BCUT2D eigenvalue weighted by molar-refractivity contribution is -0.520. The summed E-state index contributed by atoms with van der Waals surface area (Å²) in [6, 6.07) is 17.6. The molecular weight excluding hydrogens is 352 g/mol. The molecule has 1 aliphatic carbocycles. The molecule has 0 saturated heterocycles. The number of aromatic nitrogens is 1. The molecule has 29 heavy (non-hydrogen) atoms. The largest absolute Gasteiger partial charge is 0.364 e. The maximum Gasteiger partial charge on any atom is 0.218 e. The lowest BCUT2D eigenvalue weighted by Gasteiger charge is -2.22. The van der Waals surface area contributed by atoms with Gasteiger partial charge in [0.15, 0.2) is 0 Å². The Morgan fingerprint density at radius 2 is 1.72 bits per heavy atom. The summed E-state index contributed by atoms with van der Waals surface area (Å²) in [5, 5.41) is 3.70. The number of fused-ring (bicyclic) bond motifs is 1. The lowest BCUT2D eigenvalue weighted by atomic mass is 10.0. The Morgan fingerprint density at radius 1 is 1.00 bits per heavy atom. The van der Waals surface area contributed by atoms with Gasteiger partial charge in [-0.05, 0) is 61.2 Å². The Morgan fingerprint density at radius 3 is 2.48 bits per heavy atom. The fourth-order valence-electron chi connectivity index (χ4n) is 4.63. The first-order valence-electron chi connectivity index (χ1n) is 10.2. The van der Waals surface area contributed by atoms with Crippen LogP contribution in [0.15, 0.2) is 60.7 Å². The van der Waals surface area contributed by atoms with E-state index >= 15 is 0 Å². The van der Waals surface area contributed by atoms with Crippen LogP contribution < -0.4 is 14.4 Å². The molecule has 0 aliphatic heterocycles. The monoisotopic (exact) mass is 381 g/mol. The molecule has 1 aromatic heterocycles. The fraction of sp³-hybridized carbons (Fsp3) is 0.222. The van der Waals surface area contributed by atoms with Gasteiger partial charge in [-0.15, -0.1) is 0 Å². The Balaban J connectivity index is 1.85. The number of hydrogen-bond acceptors (Lipinski definition) is 1. The fourth-order valence-corrected chi connectivity index (χ4v) is 4.63. The summed E-state index contributed by atoms with van der Waals surface area (Å²) in [7, 11) is 2.17. The van der Waals surface area contributed by atoms with Crippen LogP contribution in [-0.2, 0) is 13.0 Å². The van der Waals surface area contributed by atoms with E-state index in [9.17, 15) is 0 Å². The Hall–Kier alpha value is -3.13. The van der Waals surface area contributed by atoms with Crippen molar-refractivity contribution >= 4 is 11.8 Å². The zero-order valence-electron chi connectivity index (χ0n) is 17.9. The van der Waals surface area contributed by atoms with Crippen LogP contribution in [0.4, 0.5) is 5.69 Å². The van der Waals surface area contributed by atoms with Crippen LogP contribution in [0.25, 0.3) is 6.08 Å². The van der Waals surface area contributed by atoms with E-state index in [2.05, 4.69) is 110 Å². The zero-order chi connectivity index (χ0) is 20.5. The molecule has 0 spiro atoms. The maximum absolute atomic E-state index is 4.41. The third-order valence-corrected chi connectivity index (χ3v) is 5.81. The summed E-state index contributed by atoms with van der Waals surface area (Å²) < 4.78 is 2.09. The number of pyridine rings is 1. The van der Waals surface area contributed by atoms with Crippen molar-refractivity contribution in [2.24, 2.45) is 0 Å². The summed E-state index contributed by atoms with van der Waals surface area (Å²) in [6.45, 7) is 11.8. The molecule has 2 nitrogen and oxygen atoms in total. The van der Waals surface area contributed by atoms with Crippen molar-refractivity contribution < 1.29 is 4.24 Å². The minimum Gasteiger partial charge on any atom is -0.364 e. The van der Waals surface area contributed by atoms with Gasteiger partial charge in [0.25, 0.3) is 0 Å². The average molecular weight is 382 g/mol. The van der Waals surface area contributed by atoms with Crippen molar-refractivity contribution in [1.29, 1.82) is 0 Å². The van der Waals surface area contributed by atoms with Crippen molar-refractivity contribution in [2.45, 2.75) is 33.7 Å². The molecule has 0 radical (unpaired) electrons. The zero-order valence-corrected chi connectivity index (χ0v) is 17.9. The molecule has 146 valence electrons. The van der Waals surface area contributed by atoms with Gasteiger partial charge < -0.3 is 4.90 Å². The molecule has 1 aliphatic rings. The van der Waals surface area contributed by atoms with Gasteiger partial charge in [-0.25, -0.2) is 0 Å². The molecule has 0 amide bonds. The average Bonchev–Trinajstić information content (AvgIpc) is 2.68. The first-order valence-corrected chi connectivity index (χ1v) is 10.2. The third kappa shape index (κ3) is 3.63. The van der Waals surface area contributed by atoms with Gasteiger partial charge in [0.05, 0.1) is 5.22 Å². The quantitative estimate of drug-likeness (QED) is 0.613. The van der Waals surface area contributed by atoms with Crippen LogP contribution >= 0.6 is 0 Å². The normalized spacial score (nSPS) is 13.7. The summed E-state index contributed by atoms with van der Waals surface area (Å²) in [5.74, 6) is 0. The van der Waals surface area contributed by atoms with Crippen molar-refractivity contribution in [3.05, 3.63) is 111 Å².